The number of anilines is 2. The van der Waals surface area contributed by atoms with Gasteiger partial charge in [-0.2, -0.15) is 0 Å². The van der Waals surface area contributed by atoms with Crippen LogP contribution in [-0.2, 0) is 16.1 Å². The summed E-state index contributed by atoms with van der Waals surface area (Å²) in [7, 11) is 1.57. The molecule has 8 heteroatoms. The molecule has 0 aromatic heterocycles. The van der Waals surface area contributed by atoms with E-state index < -0.39 is 18.0 Å². The van der Waals surface area contributed by atoms with Crippen molar-refractivity contribution < 1.29 is 23.9 Å². The molecule has 3 aromatic rings. The highest BCUT2D eigenvalue weighted by atomic mass is 16.5. The van der Waals surface area contributed by atoms with Gasteiger partial charge in [0, 0.05) is 12.2 Å². The van der Waals surface area contributed by atoms with Gasteiger partial charge in [-0.3, -0.25) is 9.59 Å². The highest BCUT2D eigenvalue weighted by Crippen LogP contribution is 2.29. The first kappa shape index (κ1) is 25.8. The fourth-order valence-electron chi connectivity index (χ4n) is 4.15. The minimum absolute atomic E-state index is 0.158. The van der Waals surface area contributed by atoms with Crippen LogP contribution in [0.15, 0.2) is 72.8 Å². The smallest absolute Gasteiger partial charge is 0.332 e. The minimum atomic E-state index is -0.952. The van der Waals surface area contributed by atoms with Crippen molar-refractivity contribution in [2.75, 3.05) is 23.9 Å². The molecule has 1 aliphatic heterocycles. The Morgan fingerprint density at radius 2 is 1.70 bits per heavy atom. The SMILES string of the molecule is CCCOc1ccc(NC(=O)CC2C(=O)N(c3ccc(C)cc3)C(=O)N2Cc2cccc(OC)c2)cc1. The summed E-state index contributed by atoms with van der Waals surface area (Å²) in [4.78, 5) is 42.6. The van der Waals surface area contributed by atoms with Gasteiger partial charge in [0.1, 0.15) is 17.5 Å². The van der Waals surface area contributed by atoms with Crippen LogP contribution in [0.3, 0.4) is 0 Å². The number of urea groups is 1. The summed E-state index contributed by atoms with van der Waals surface area (Å²) in [6, 6.07) is 20.1. The number of rotatable bonds is 10. The summed E-state index contributed by atoms with van der Waals surface area (Å²) >= 11 is 0. The Morgan fingerprint density at radius 3 is 2.38 bits per heavy atom. The van der Waals surface area contributed by atoms with E-state index in [0.29, 0.717) is 23.7 Å². The summed E-state index contributed by atoms with van der Waals surface area (Å²) in [5, 5.41) is 2.83. The number of benzene rings is 3. The zero-order valence-electron chi connectivity index (χ0n) is 21.3. The fraction of sp³-hybridized carbons (Fsp3) is 0.276. The summed E-state index contributed by atoms with van der Waals surface area (Å²) < 4.78 is 10.9. The lowest BCUT2D eigenvalue weighted by atomic mass is 10.1. The number of amides is 4. The van der Waals surface area contributed by atoms with Crippen LogP contribution in [0, 0.1) is 6.92 Å². The number of methoxy groups -OCH3 is 1. The number of aryl methyl sites for hydroxylation is 1. The lowest BCUT2D eigenvalue weighted by molar-refractivity contribution is -0.124. The average Bonchev–Trinajstić information content (AvgIpc) is 3.12. The molecule has 0 saturated carbocycles. The molecule has 37 heavy (non-hydrogen) atoms. The third-order valence-corrected chi connectivity index (χ3v) is 6.09. The van der Waals surface area contributed by atoms with E-state index in [0.717, 1.165) is 28.2 Å². The van der Waals surface area contributed by atoms with Crippen molar-refractivity contribution >= 4 is 29.2 Å². The van der Waals surface area contributed by atoms with Gasteiger partial charge in [0.2, 0.25) is 5.91 Å². The van der Waals surface area contributed by atoms with Crippen LogP contribution in [0.25, 0.3) is 0 Å². The van der Waals surface area contributed by atoms with Gasteiger partial charge in [-0.1, -0.05) is 36.8 Å². The normalized spacial score (nSPS) is 15.2. The van der Waals surface area contributed by atoms with Crippen LogP contribution in [0.4, 0.5) is 16.2 Å². The molecule has 4 rings (SSSR count). The van der Waals surface area contributed by atoms with Gasteiger partial charge < -0.3 is 19.7 Å². The third-order valence-electron chi connectivity index (χ3n) is 6.09. The van der Waals surface area contributed by atoms with E-state index in [1.807, 2.05) is 50.2 Å². The summed E-state index contributed by atoms with van der Waals surface area (Å²) in [6.07, 6.45) is 0.726. The number of nitrogens with zero attached hydrogens (tertiary/aromatic N) is 2. The number of hydrogen-bond donors (Lipinski definition) is 1. The van der Waals surface area contributed by atoms with E-state index in [2.05, 4.69) is 5.32 Å². The summed E-state index contributed by atoms with van der Waals surface area (Å²) in [6.45, 7) is 4.74. The highest BCUT2D eigenvalue weighted by Gasteiger charge is 2.46. The van der Waals surface area contributed by atoms with E-state index in [1.165, 1.54) is 4.90 Å². The van der Waals surface area contributed by atoms with Crippen molar-refractivity contribution in [3.8, 4) is 11.5 Å². The molecule has 1 unspecified atom stereocenters. The molecular formula is C29H31N3O5. The Balaban J connectivity index is 1.55. The van der Waals surface area contributed by atoms with Gasteiger partial charge in [-0.15, -0.1) is 0 Å². The minimum Gasteiger partial charge on any atom is -0.497 e. The quantitative estimate of drug-likeness (QED) is 0.388. The molecule has 0 radical (unpaired) electrons. The van der Waals surface area contributed by atoms with E-state index in [1.54, 1.807) is 43.5 Å². The van der Waals surface area contributed by atoms with E-state index in [9.17, 15) is 14.4 Å². The average molecular weight is 502 g/mol. The maximum atomic E-state index is 13.5. The molecule has 1 heterocycles. The first-order valence-corrected chi connectivity index (χ1v) is 12.3. The van der Waals surface area contributed by atoms with Crippen molar-refractivity contribution in [2.45, 2.75) is 39.3 Å². The molecular weight excluding hydrogens is 470 g/mol. The fourth-order valence-corrected chi connectivity index (χ4v) is 4.15. The van der Waals surface area contributed by atoms with Crippen molar-refractivity contribution in [3.05, 3.63) is 83.9 Å². The Bertz CT molecular complexity index is 1260. The van der Waals surface area contributed by atoms with Gasteiger partial charge >= 0.3 is 6.03 Å². The van der Waals surface area contributed by atoms with Crippen LogP contribution in [0.2, 0.25) is 0 Å². The number of carbonyl (C=O) groups is 3. The molecule has 0 bridgehead atoms. The van der Waals surface area contributed by atoms with Crippen LogP contribution < -0.4 is 19.7 Å². The second kappa shape index (κ2) is 11.6. The van der Waals surface area contributed by atoms with E-state index >= 15 is 0 Å². The number of nitrogens with one attached hydrogen (secondary N) is 1. The maximum absolute atomic E-state index is 13.5. The topological polar surface area (TPSA) is 88.2 Å². The van der Waals surface area contributed by atoms with Crippen LogP contribution >= 0.6 is 0 Å². The number of ether oxygens (including phenoxy) is 2. The predicted molar refractivity (Wildman–Crippen MR) is 142 cm³/mol. The third kappa shape index (κ3) is 6.09. The van der Waals surface area contributed by atoms with E-state index in [-0.39, 0.29) is 18.9 Å². The van der Waals surface area contributed by atoms with Crippen LogP contribution in [-0.4, -0.2) is 42.5 Å². The Kier molecular flexibility index (Phi) is 8.08. The molecule has 1 atom stereocenters. The van der Waals surface area contributed by atoms with Gasteiger partial charge in [-0.25, -0.2) is 9.69 Å². The molecule has 1 aliphatic rings. The molecule has 1 N–H and O–H groups in total. The Labute approximate surface area is 216 Å². The molecule has 3 aromatic carbocycles. The van der Waals surface area contributed by atoms with Crippen molar-refractivity contribution in [1.82, 2.24) is 4.90 Å². The first-order chi connectivity index (χ1) is 17.9. The molecule has 192 valence electrons. The standard InChI is InChI=1S/C29H31N3O5/c1-4-16-37-24-14-10-22(11-15-24)30-27(33)18-26-28(34)32(23-12-8-20(2)9-13-23)29(35)31(26)19-21-6-5-7-25(17-21)36-3/h5-15,17,26H,4,16,18-19H2,1-3H3,(H,30,33). The molecule has 1 saturated heterocycles. The number of carbonyl (C=O) groups excluding carboxylic acids is 3. The largest absolute Gasteiger partial charge is 0.497 e. The molecule has 0 spiro atoms. The summed E-state index contributed by atoms with van der Waals surface area (Å²) in [5.74, 6) is 0.561. The lowest BCUT2D eigenvalue weighted by Gasteiger charge is -2.22. The zero-order chi connectivity index (χ0) is 26.4. The second-order valence-electron chi connectivity index (χ2n) is 8.91. The molecule has 4 amide bonds. The summed E-state index contributed by atoms with van der Waals surface area (Å²) in [5.41, 5.74) is 2.86. The van der Waals surface area contributed by atoms with E-state index in [4.69, 9.17) is 9.47 Å². The lowest BCUT2D eigenvalue weighted by Crippen LogP contribution is -2.37. The predicted octanol–water partition coefficient (Wildman–Crippen LogP) is 5.16. The number of imide groups is 1. The van der Waals surface area contributed by atoms with Crippen LogP contribution in [0.1, 0.15) is 30.9 Å². The van der Waals surface area contributed by atoms with Gasteiger partial charge in [0.15, 0.2) is 0 Å². The molecule has 8 nitrogen and oxygen atoms in total. The van der Waals surface area contributed by atoms with Gasteiger partial charge in [0.25, 0.3) is 5.91 Å². The zero-order valence-corrected chi connectivity index (χ0v) is 21.3. The highest BCUT2D eigenvalue weighted by molar-refractivity contribution is 6.22. The van der Waals surface area contributed by atoms with Crippen molar-refractivity contribution in [1.29, 1.82) is 0 Å². The maximum Gasteiger partial charge on any atom is 0.332 e. The second-order valence-corrected chi connectivity index (χ2v) is 8.91. The molecule has 0 aliphatic carbocycles. The van der Waals surface area contributed by atoms with Gasteiger partial charge in [-0.05, 0) is 67.4 Å². The van der Waals surface area contributed by atoms with Gasteiger partial charge in [0.05, 0.1) is 25.8 Å². The Hall–Kier alpha value is -4.33. The molecule has 1 fully saturated rings. The monoisotopic (exact) mass is 501 g/mol. The van der Waals surface area contributed by atoms with Crippen molar-refractivity contribution in [3.63, 3.8) is 0 Å². The van der Waals surface area contributed by atoms with Crippen LogP contribution in [0.5, 0.6) is 11.5 Å². The van der Waals surface area contributed by atoms with Crippen molar-refractivity contribution in [2.24, 2.45) is 0 Å². The first-order valence-electron chi connectivity index (χ1n) is 12.3. The Morgan fingerprint density at radius 1 is 0.973 bits per heavy atom. The number of hydrogen-bond acceptors (Lipinski definition) is 5.